The van der Waals surface area contributed by atoms with Gasteiger partial charge in [-0.25, -0.2) is 13.1 Å². The van der Waals surface area contributed by atoms with Crippen LogP contribution in [-0.4, -0.2) is 27.5 Å². The van der Waals surface area contributed by atoms with E-state index in [4.69, 9.17) is 4.74 Å². The Kier molecular flexibility index (Phi) is 7.62. The topological polar surface area (TPSA) is 84.5 Å². The molecule has 0 radical (unpaired) electrons. The maximum Gasteiger partial charge on any atom is 0.262 e. The number of halogens is 1. The van der Waals surface area contributed by atoms with Crippen LogP contribution in [-0.2, 0) is 21.2 Å². The third kappa shape index (κ3) is 6.41. The minimum absolute atomic E-state index is 0.139. The van der Waals surface area contributed by atoms with E-state index in [1.807, 2.05) is 48.5 Å². The number of rotatable bonds is 9. The number of nitrogens with one attached hydrogen (secondary N) is 2. The van der Waals surface area contributed by atoms with Crippen LogP contribution in [0.5, 0.6) is 5.75 Å². The molecule has 0 aliphatic carbocycles. The molecule has 0 spiro atoms. The maximum absolute atomic E-state index is 12.4. The number of para-hydroxylation sites is 1. The van der Waals surface area contributed by atoms with Gasteiger partial charge in [-0.3, -0.25) is 4.79 Å². The highest BCUT2D eigenvalue weighted by molar-refractivity contribution is 9.10. The minimum Gasteiger partial charge on any atom is -0.484 e. The van der Waals surface area contributed by atoms with E-state index in [0.717, 1.165) is 10.0 Å². The first kappa shape index (κ1) is 22.0. The molecule has 0 unspecified atom stereocenters. The fourth-order valence-corrected chi connectivity index (χ4v) is 4.09. The van der Waals surface area contributed by atoms with Gasteiger partial charge in [0.05, 0.1) is 10.6 Å². The van der Waals surface area contributed by atoms with Gasteiger partial charge in [-0.2, -0.15) is 0 Å². The Hall–Kier alpha value is -2.68. The van der Waals surface area contributed by atoms with Crippen molar-refractivity contribution >= 4 is 37.5 Å². The van der Waals surface area contributed by atoms with Crippen molar-refractivity contribution in [3.05, 3.63) is 88.9 Å². The predicted molar refractivity (Wildman–Crippen MR) is 120 cm³/mol. The van der Waals surface area contributed by atoms with Crippen LogP contribution in [0, 0.1) is 0 Å². The molecule has 0 saturated heterocycles. The molecule has 3 aromatic carbocycles. The Morgan fingerprint density at radius 1 is 0.900 bits per heavy atom. The van der Waals surface area contributed by atoms with Gasteiger partial charge in [0.15, 0.2) is 6.61 Å². The van der Waals surface area contributed by atoms with Gasteiger partial charge in [-0.15, -0.1) is 0 Å². The second-order valence-electron chi connectivity index (χ2n) is 6.42. The molecule has 0 atom stereocenters. The average Bonchev–Trinajstić information content (AvgIpc) is 2.75. The highest BCUT2D eigenvalue weighted by Crippen LogP contribution is 2.21. The number of carbonyl (C=O) groups is 1. The standard InChI is InChI=1S/C22H21BrN2O4S/c23-20-8-4-5-9-21(20)25-22(26)16-29-18-10-12-19(13-11-18)30(27,28)24-15-14-17-6-2-1-3-7-17/h1-13,24H,14-16H2,(H,25,26). The van der Waals surface area contributed by atoms with Crippen molar-refractivity contribution in [2.75, 3.05) is 18.5 Å². The van der Waals surface area contributed by atoms with Crippen molar-refractivity contribution in [2.24, 2.45) is 0 Å². The number of anilines is 1. The Balaban J connectivity index is 1.50. The summed E-state index contributed by atoms with van der Waals surface area (Å²) in [6.45, 7) is 0.114. The summed E-state index contributed by atoms with van der Waals surface area (Å²) in [6.07, 6.45) is 0.605. The van der Waals surface area contributed by atoms with Crippen molar-refractivity contribution in [3.8, 4) is 5.75 Å². The molecule has 0 aliphatic rings. The van der Waals surface area contributed by atoms with Gasteiger partial charge in [0.25, 0.3) is 5.91 Å². The normalized spacial score (nSPS) is 11.1. The van der Waals surface area contributed by atoms with Crippen molar-refractivity contribution in [3.63, 3.8) is 0 Å². The lowest BCUT2D eigenvalue weighted by molar-refractivity contribution is -0.118. The molecule has 3 aromatic rings. The first-order valence-electron chi connectivity index (χ1n) is 9.25. The van der Waals surface area contributed by atoms with E-state index in [9.17, 15) is 13.2 Å². The van der Waals surface area contributed by atoms with Crippen LogP contribution in [0.25, 0.3) is 0 Å². The second kappa shape index (κ2) is 10.4. The number of ether oxygens (including phenoxy) is 1. The summed E-state index contributed by atoms with van der Waals surface area (Å²) in [5, 5.41) is 2.74. The smallest absolute Gasteiger partial charge is 0.262 e. The van der Waals surface area contributed by atoms with Crippen LogP contribution in [0.1, 0.15) is 5.56 Å². The first-order chi connectivity index (χ1) is 14.4. The number of sulfonamides is 1. The van der Waals surface area contributed by atoms with Crippen LogP contribution in [0.3, 0.4) is 0 Å². The molecule has 0 fully saturated rings. The van der Waals surface area contributed by atoms with Crippen molar-refractivity contribution in [1.29, 1.82) is 0 Å². The zero-order valence-corrected chi connectivity index (χ0v) is 18.4. The van der Waals surface area contributed by atoms with E-state index in [1.165, 1.54) is 24.3 Å². The Morgan fingerprint density at radius 2 is 1.57 bits per heavy atom. The zero-order chi connectivity index (χ0) is 21.4. The molecule has 1 amide bonds. The largest absolute Gasteiger partial charge is 0.484 e. The van der Waals surface area contributed by atoms with E-state index >= 15 is 0 Å². The fraction of sp³-hybridized carbons (Fsp3) is 0.136. The van der Waals surface area contributed by atoms with Crippen LogP contribution in [0.4, 0.5) is 5.69 Å². The molecular formula is C22H21BrN2O4S. The molecule has 3 rings (SSSR count). The molecule has 0 aromatic heterocycles. The van der Waals surface area contributed by atoms with Crippen molar-refractivity contribution < 1.29 is 17.9 Å². The van der Waals surface area contributed by atoms with Crippen molar-refractivity contribution in [2.45, 2.75) is 11.3 Å². The molecule has 2 N–H and O–H groups in total. The van der Waals surface area contributed by atoms with Crippen molar-refractivity contribution in [1.82, 2.24) is 4.72 Å². The molecule has 156 valence electrons. The van der Waals surface area contributed by atoms with E-state index in [2.05, 4.69) is 26.0 Å². The van der Waals surface area contributed by atoms with Crippen LogP contribution in [0.15, 0.2) is 88.2 Å². The van der Waals surface area contributed by atoms with Gasteiger partial charge in [-0.1, -0.05) is 42.5 Å². The monoisotopic (exact) mass is 488 g/mol. The third-order valence-corrected chi connectivity index (χ3v) is 6.37. The molecule has 6 nitrogen and oxygen atoms in total. The van der Waals surface area contributed by atoms with Gasteiger partial charge in [-0.05, 0) is 64.3 Å². The van der Waals surface area contributed by atoms with Crippen LogP contribution in [0.2, 0.25) is 0 Å². The summed E-state index contributed by atoms with van der Waals surface area (Å²) >= 11 is 3.36. The lowest BCUT2D eigenvalue weighted by atomic mass is 10.2. The number of benzene rings is 3. The van der Waals surface area contributed by atoms with Gasteiger partial charge in [0.2, 0.25) is 10.0 Å². The highest BCUT2D eigenvalue weighted by atomic mass is 79.9. The quantitative estimate of drug-likeness (QED) is 0.476. The number of hydrogen-bond acceptors (Lipinski definition) is 4. The molecule has 0 saturated carbocycles. The van der Waals surface area contributed by atoms with E-state index in [1.54, 1.807) is 6.07 Å². The Bertz CT molecular complexity index is 1090. The average molecular weight is 489 g/mol. The van der Waals surface area contributed by atoms with Crippen LogP contribution >= 0.6 is 15.9 Å². The lowest BCUT2D eigenvalue weighted by Gasteiger charge is -2.10. The summed E-state index contributed by atoms with van der Waals surface area (Å²) < 4.78 is 33.6. The van der Waals surface area contributed by atoms with Gasteiger partial charge >= 0.3 is 0 Å². The molecular weight excluding hydrogens is 468 g/mol. The van der Waals surface area contributed by atoms with Gasteiger partial charge in [0.1, 0.15) is 5.75 Å². The minimum atomic E-state index is -3.61. The highest BCUT2D eigenvalue weighted by Gasteiger charge is 2.14. The number of amides is 1. The van der Waals surface area contributed by atoms with Gasteiger partial charge in [0, 0.05) is 11.0 Å². The predicted octanol–water partition coefficient (Wildman–Crippen LogP) is 3.99. The van der Waals surface area contributed by atoms with E-state index in [0.29, 0.717) is 24.4 Å². The molecule has 30 heavy (non-hydrogen) atoms. The van der Waals surface area contributed by atoms with Crippen LogP contribution < -0.4 is 14.8 Å². The summed E-state index contributed by atoms with van der Waals surface area (Å²) in [6, 6.07) is 22.9. The first-order valence-corrected chi connectivity index (χ1v) is 11.5. The zero-order valence-electron chi connectivity index (χ0n) is 16.0. The molecule has 0 aliphatic heterocycles. The molecule has 0 bridgehead atoms. The summed E-state index contributed by atoms with van der Waals surface area (Å²) in [4.78, 5) is 12.2. The van der Waals surface area contributed by atoms with Gasteiger partial charge < -0.3 is 10.1 Å². The SMILES string of the molecule is O=C(COc1ccc(S(=O)(=O)NCCc2ccccc2)cc1)Nc1ccccc1Br. The Morgan fingerprint density at radius 3 is 2.27 bits per heavy atom. The maximum atomic E-state index is 12.4. The molecule has 0 heterocycles. The van der Waals surface area contributed by atoms with E-state index in [-0.39, 0.29) is 17.4 Å². The second-order valence-corrected chi connectivity index (χ2v) is 9.04. The lowest BCUT2D eigenvalue weighted by Crippen LogP contribution is -2.26. The number of carbonyl (C=O) groups excluding carboxylic acids is 1. The summed E-state index contributed by atoms with van der Waals surface area (Å²) in [5.74, 6) is 0.0849. The molecule has 8 heteroatoms. The fourth-order valence-electron chi connectivity index (χ4n) is 2.67. The third-order valence-electron chi connectivity index (χ3n) is 4.20. The summed E-state index contributed by atoms with van der Waals surface area (Å²) in [5.41, 5.74) is 1.71. The number of hydrogen-bond donors (Lipinski definition) is 2. The summed E-state index contributed by atoms with van der Waals surface area (Å²) in [7, 11) is -3.61. The van der Waals surface area contributed by atoms with E-state index < -0.39 is 10.0 Å². The Labute approximate surface area is 184 Å².